The number of alkyl carbamates (subject to hydrolysis) is 1. The summed E-state index contributed by atoms with van der Waals surface area (Å²) in [5, 5.41) is 6.82. The van der Waals surface area contributed by atoms with Gasteiger partial charge in [-0.15, -0.1) is 0 Å². The average molecular weight is 282 g/mol. The largest absolute Gasteiger partial charge is 0.450 e. The van der Waals surface area contributed by atoms with Crippen molar-refractivity contribution in [3.63, 3.8) is 0 Å². The Labute approximate surface area is 118 Å². The molecule has 0 radical (unpaired) electrons. The molecule has 1 aliphatic heterocycles. The van der Waals surface area contributed by atoms with Gasteiger partial charge >= 0.3 is 12.1 Å². The van der Waals surface area contributed by atoms with E-state index < -0.39 is 0 Å². The Morgan fingerprint density at radius 1 is 1.60 bits per heavy atom. The SMILES string of the molecule is CCOC(=O)NC1CCCN(c2nc(C(C)C)no2)C1. The Morgan fingerprint density at radius 2 is 2.40 bits per heavy atom. The highest BCUT2D eigenvalue weighted by Crippen LogP contribution is 2.20. The summed E-state index contributed by atoms with van der Waals surface area (Å²) in [4.78, 5) is 17.8. The highest BCUT2D eigenvalue weighted by Gasteiger charge is 2.25. The summed E-state index contributed by atoms with van der Waals surface area (Å²) in [5.41, 5.74) is 0. The van der Waals surface area contributed by atoms with Gasteiger partial charge in [-0.25, -0.2) is 4.79 Å². The van der Waals surface area contributed by atoms with Gasteiger partial charge in [-0.2, -0.15) is 4.98 Å². The van der Waals surface area contributed by atoms with Gasteiger partial charge in [0.15, 0.2) is 5.82 Å². The number of piperidine rings is 1. The first kappa shape index (κ1) is 14.6. The molecular weight excluding hydrogens is 260 g/mol. The number of ether oxygens (including phenoxy) is 1. The minimum atomic E-state index is -0.368. The van der Waals surface area contributed by atoms with E-state index in [1.165, 1.54) is 0 Å². The molecule has 0 aromatic carbocycles. The Bertz CT molecular complexity index is 447. The zero-order valence-electron chi connectivity index (χ0n) is 12.3. The van der Waals surface area contributed by atoms with Crippen LogP contribution in [0.25, 0.3) is 0 Å². The number of hydrogen-bond donors (Lipinski definition) is 1. The molecule has 0 aliphatic carbocycles. The lowest BCUT2D eigenvalue weighted by molar-refractivity contribution is 0.146. The standard InChI is InChI=1S/C13H22N4O3/c1-4-19-13(18)14-10-6-5-7-17(8-10)12-15-11(9(2)3)16-20-12/h9-10H,4-8H2,1-3H3,(H,14,18). The lowest BCUT2D eigenvalue weighted by atomic mass is 10.1. The van der Waals surface area contributed by atoms with Crippen LogP contribution >= 0.6 is 0 Å². The van der Waals surface area contributed by atoms with Gasteiger partial charge in [0.1, 0.15) is 0 Å². The molecule has 7 nitrogen and oxygen atoms in total. The maximum Gasteiger partial charge on any atom is 0.407 e. The number of amides is 1. The second kappa shape index (κ2) is 6.58. The van der Waals surface area contributed by atoms with Crippen molar-refractivity contribution in [1.29, 1.82) is 0 Å². The molecule has 0 spiro atoms. The van der Waals surface area contributed by atoms with E-state index in [1.807, 2.05) is 18.7 Å². The molecule has 2 heterocycles. The summed E-state index contributed by atoms with van der Waals surface area (Å²) in [6.07, 6.45) is 1.53. The number of rotatable bonds is 4. The zero-order valence-corrected chi connectivity index (χ0v) is 12.3. The highest BCUT2D eigenvalue weighted by atomic mass is 16.5. The Balaban J connectivity index is 1.93. The van der Waals surface area contributed by atoms with Gasteiger partial charge in [-0.1, -0.05) is 19.0 Å². The lowest BCUT2D eigenvalue weighted by Gasteiger charge is -2.31. The van der Waals surface area contributed by atoms with Crippen LogP contribution in [0.4, 0.5) is 10.8 Å². The topological polar surface area (TPSA) is 80.5 Å². The number of carbonyl (C=O) groups excluding carboxylic acids is 1. The zero-order chi connectivity index (χ0) is 14.5. The van der Waals surface area contributed by atoms with E-state index in [0.29, 0.717) is 25.0 Å². The van der Waals surface area contributed by atoms with Crippen LogP contribution in [0.5, 0.6) is 0 Å². The molecule has 0 bridgehead atoms. The molecule has 1 aromatic heterocycles. The molecule has 1 fully saturated rings. The van der Waals surface area contributed by atoms with Gasteiger partial charge in [-0.05, 0) is 19.8 Å². The number of hydrogen-bond acceptors (Lipinski definition) is 6. The van der Waals surface area contributed by atoms with E-state index in [-0.39, 0.29) is 18.1 Å². The van der Waals surface area contributed by atoms with Gasteiger partial charge in [0.05, 0.1) is 6.61 Å². The molecular formula is C13H22N4O3. The minimum absolute atomic E-state index is 0.0530. The van der Waals surface area contributed by atoms with Crippen molar-refractivity contribution < 1.29 is 14.1 Å². The fourth-order valence-electron chi connectivity index (χ4n) is 2.20. The third kappa shape index (κ3) is 3.61. The Morgan fingerprint density at radius 3 is 3.05 bits per heavy atom. The molecule has 112 valence electrons. The monoisotopic (exact) mass is 282 g/mol. The number of nitrogens with one attached hydrogen (secondary N) is 1. The van der Waals surface area contributed by atoms with Gasteiger partial charge in [-0.3, -0.25) is 0 Å². The molecule has 1 atom stereocenters. The van der Waals surface area contributed by atoms with Crippen LogP contribution in [-0.2, 0) is 4.74 Å². The van der Waals surface area contributed by atoms with Crippen molar-refractivity contribution >= 4 is 12.1 Å². The minimum Gasteiger partial charge on any atom is -0.450 e. The van der Waals surface area contributed by atoms with E-state index >= 15 is 0 Å². The number of nitrogens with zero attached hydrogens (tertiary/aromatic N) is 3. The van der Waals surface area contributed by atoms with E-state index in [0.717, 1.165) is 19.4 Å². The van der Waals surface area contributed by atoms with Crippen LogP contribution < -0.4 is 10.2 Å². The molecule has 1 unspecified atom stereocenters. The smallest absolute Gasteiger partial charge is 0.407 e. The summed E-state index contributed by atoms with van der Waals surface area (Å²) in [6, 6.07) is 0.584. The maximum absolute atomic E-state index is 11.4. The molecule has 0 saturated carbocycles. The van der Waals surface area contributed by atoms with Crippen LogP contribution in [0.2, 0.25) is 0 Å². The van der Waals surface area contributed by atoms with Crippen molar-refractivity contribution in [2.45, 2.75) is 45.6 Å². The Hall–Kier alpha value is -1.79. The molecule has 1 amide bonds. The summed E-state index contributed by atoms with van der Waals surface area (Å²) in [7, 11) is 0. The molecule has 1 saturated heterocycles. The van der Waals surface area contributed by atoms with Crippen molar-refractivity contribution in [3.8, 4) is 0 Å². The predicted octanol–water partition coefficient (Wildman–Crippen LogP) is 1.91. The third-order valence-electron chi connectivity index (χ3n) is 3.24. The second-order valence-electron chi connectivity index (χ2n) is 5.24. The molecule has 20 heavy (non-hydrogen) atoms. The van der Waals surface area contributed by atoms with Gasteiger partial charge < -0.3 is 19.5 Å². The van der Waals surface area contributed by atoms with E-state index in [1.54, 1.807) is 6.92 Å². The van der Waals surface area contributed by atoms with Crippen LogP contribution in [-0.4, -0.2) is 42.0 Å². The number of carbonyl (C=O) groups is 1. The van der Waals surface area contributed by atoms with Crippen molar-refractivity contribution in [3.05, 3.63) is 5.82 Å². The third-order valence-corrected chi connectivity index (χ3v) is 3.24. The van der Waals surface area contributed by atoms with Crippen LogP contribution in [0.3, 0.4) is 0 Å². The van der Waals surface area contributed by atoms with Crippen LogP contribution in [0.15, 0.2) is 4.52 Å². The summed E-state index contributed by atoms with van der Waals surface area (Å²) in [6.45, 7) is 7.74. The number of anilines is 1. The fraction of sp³-hybridized carbons (Fsp3) is 0.769. The summed E-state index contributed by atoms with van der Waals surface area (Å²) >= 11 is 0. The Kier molecular flexibility index (Phi) is 4.81. The average Bonchev–Trinajstić information content (AvgIpc) is 2.89. The molecule has 1 aromatic rings. The molecule has 2 rings (SSSR count). The van der Waals surface area contributed by atoms with E-state index in [2.05, 4.69) is 15.5 Å². The van der Waals surface area contributed by atoms with Gasteiger partial charge in [0.2, 0.25) is 0 Å². The van der Waals surface area contributed by atoms with Crippen molar-refractivity contribution in [2.75, 3.05) is 24.6 Å². The molecule has 1 N–H and O–H groups in total. The lowest BCUT2D eigenvalue weighted by Crippen LogP contribution is -2.48. The predicted molar refractivity (Wildman–Crippen MR) is 73.8 cm³/mol. The van der Waals surface area contributed by atoms with E-state index in [4.69, 9.17) is 9.26 Å². The fourth-order valence-corrected chi connectivity index (χ4v) is 2.20. The van der Waals surface area contributed by atoms with Crippen LogP contribution in [0, 0.1) is 0 Å². The van der Waals surface area contributed by atoms with Crippen molar-refractivity contribution in [1.82, 2.24) is 15.5 Å². The quantitative estimate of drug-likeness (QED) is 0.908. The normalized spacial score (nSPS) is 19.2. The summed E-state index contributed by atoms with van der Waals surface area (Å²) < 4.78 is 10.2. The number of aromatic nitrogens is 2. The maximum atomic E-state index is 11.4. The van der Waals surface area contributed by atoms with Crippen molar-refractivity contribution in [2.24, 2.45) is 0 Å². The van der Waals surface area contributed by atoms with Gasteiger partial charge in [0, 0.05) is 25.0 Å². The second-order valence-corrected chi connectivity index (χ2v) is 5.24. The first-order chi connectivity index (χ1) is 9.60. The molecule has 7 heteroatoms. The van der Waals surface area contributed by atoms with Crippen LogP contribution in [0.1, 0.15) is 45.4 Å². The summed E-state index contributed by atoms with van der Waals surface area (Å²) in [5.74, 6) is 0.950. The van der Waals surface area contributed by atoms with Gasteiger partial charge in [0.25, 0.3) is 0 Å². The first-order valence-corrected chi connectivity index (χ1v) is 7.12. The first-order valence-electron chi connectivity index (χ1n) is 7.12. The molecule has 1 aliphatic rings. The highest BCUT2D eigenvalue weighted by molar-refractivity contribution is 5.67. The van der Waals surface area contributed by atoms with E-state index in [9.17, 15) is 4.79 Å².